The minimum Gasteiger partial charge on any atom is -0.494 e. The van der Waals surface area contributed by atoms with Crippen molar-refractivity contribution in [3.05, 3.63) is 65.0 Å². The van der Waals surface area contributed by atoms with Gasteiger partial charge in [-0.3, -0.25) is 0 Å². The van der Waals surface area contributed by atoms with E-state index in [4.69, 9.17) is 10.5 Å². The summed E-state index contributed by atoms with van der Waals surface area (Å²) in [5.74, 6) is 0.178. The van der Waals surface area contributed by atoms with Crippen LogP contribution in [-0.4, -0.2) is 7.11 Å². The summed E-state index contributed by atoms with van der Waals surface area (Å²) in [7, 11) is 1.46. The standard InChI is InChI=1S/C16H16FNO/c1-19-15-7-6-11(9-14(15)17)16(18)13-8-10-4-2-3-5-12(10)13/h2-7,9,13,16H,8,18H2,1H3. The Balaban J connectivity index is 1.86. The molecule has 2 aromatic carbocycles. The summed E-state index contributed by atoms with van der Waals surface area (Å²) in [5, 5.41) is 0. The molecular weight excluding hydrogens is 241 g/mol. The van der Waals surface area contributed by atoms with Crippen molar-refractivity contribution < 1.29 is 9.13 Å². The van der Waals surface area contributed by atoms with Gasteiger partial charge in [-0.2, -0.15) is 0 Å². The van der Waals surface area contributed by atoms with E-state index in [2.05, 4.69) is 12.1 Å². The fourth-order valence-corrected chi connectivity index (χ4v) is 2.74. The fraction of sp³-hybridized carbons (Fsp3) is 0.250. The second-order valence-electron chi connectivity index (χ2n) is 4.93. The Morgan fingerprint density at radius 1 is 1.26 bits per heavy atom. The zero-order valence-electron chi connectivity index (χ0n) is 10.8. The quantitative estimate of drug-likeness (QED) is 0.916. The van der Waals surface area contributed by atoms with E-state index in [-0.39, 0.29) is 23.5 Å². The van der Waals surface area contributed by atoms with E-state index < -0.39 is 0 Å². The summed E-state index contributed by atoms with van der Waals surface area (Å²) in [6.45, 7) is 0. The lowest BCUT2D eigenvalue weighted by molar-refractivity contribution is 0.385. The van der Waals surface area contributed by atoms with Gasteiger partial charge in [0, 0.05) is 12.0 Å². The van der Waals surface area contributed by atoms with Gasteiger partial charge in [0.15, 0.2) is 11.6 Å². The van der Waals surface area contributed by atoms with Crippen molar-refractivity contribution in [2.24, 2.45) is 5.73 Å². The summed E-state index contributed by atoms with van der Waals surface area (Å²) in [6.07, 6.45) is 0.963. The third-order valence-electron chi connectivity index (χ3n) is 3.89. The number of fused-ring (bicyclic) bond motifs is 1. The molecule has 0 fully saturated rings. The lowest BCUT2D eigenvalue weighted by atomic mass is 9.72. The average molecular weight is 257 g/mol. The Labute approximate surface area is 112 Å². The lowest BCUT2D eigenvalue weighted by Crippen LogP contribution is -2.29. The third kappa shape index (κ3) is 2.00. The second-order valence-corrected chi connectivity index (χ2v) is 4.93. The van der Waals surface area contributed by atoms with Crippen LogP contribution in [0.4, 0.5) is 4.39 Å². The number of ether oxygens (including phenoxy) is 1. The van der Waals surface area contributed by atoms with Crippen LogP contribution in [-0.2, 0) is 6.42 Å². The van der Waals surface area contributed by atoms with Gasteiger partial charge in [0.05, 0.1) is 7.11 Å². The van der Waals surface area contributed by atoms with E-state index in [1.165, 1.54) is 24.3 Å². The lowest BCUT2D eigenvalue weighted by Gasteiger charge is -2.35. The molecule has 1 aliphatic rings. The molecular formula is C16H16FNO. The van der Waals surface area contributed by atoms with Crippen molar-refractivity contribution >= 4 is 0 Å². The van der Waals surface area contributed by atoms with Gasteiger partial charge in [0.25, 0.3) is 0 Å². The normalized spacial score (nSPS) is 18.4. The first kappa shape index (κ1) is 12.2. The average Bonchev–Trinajstić information content (AvgIpc) is 2.40. The molecule has 1 aliphatic carbocycles. The molecule has 0 saturated carbocycles. The van der Waals surface area contributed by atoms with Gasteiger partial charge < -0.3 is 10.5 Å². The molecule has 0 bridgehead atoms. The van der Waals surface area contributed by atoms with Crippen LogP contribution in [0.25, 0.3) is 0 Å². The molecule has 0 saturated heterocycles. The number of hydrogen-bond acceptors (Lipinski definition) is 2. The van der Waals surface area contributed by atoms with Gasteiger partial charge in [-0.25, -0.2) is 4.39 Å². The fourth-order valence-electron chi connectivity index (χ4n) is 2.74. The maximum absolute atomic E-state index is 13.7. The Hall–Kier alpha value is -1.87. The highest BCUT2D eigenvalue weighted by molar-refractivity contribution is 5.43. The predicted molar refractivity (Wildman–Crippen MR) is 72.8 cm³/mol. The van der Waals surface area contributed by atoms with Crippen LogP contribution in [0.15, 0.2) is 42.5 Å². The maximum atomic E-state index is 13.7. The molecule has 2 atom stereocenters. The summed E-state index contributed by atoms with van der Waals surface area (Å²) in [4.78, 5) is 0. The van der Waals surface area contributed by atoms with Gasteiger partial charge in [0.1, 0.15) is 0 Å². The molecule has 2 unspecified atom stereocenters. The second kappa shape index (κ2) is 4.67. The molecule has 3 rings (SSSR count). The summed E-state index contributed by atoms with van der Waals surface area (Å²) in [5.41, 5.74) is 9.71. The van der Waals surface area contributed by atoms with E-state index in [9.17, 15) is 4.39 Å². The van der Waals surface area contributed by atoms with Crippen LogP contribution in [0.5, 0.6) is 5.75 Å². The minimum atomic E-state index is -0.358. The molecule has 0 radical (unpaired) electrons. The minimum absolute atomic E-state index is 0.171. The number of benzene rings is 2. The molecule has 2 nitrogen and oxygen atoms in total. The molecule has 3 heteroatoms. The SMILES string of the molecule is COc1ccc(C(N)C2Cc3ccccc32)cc1F. The van der Waals surface area contributed by atoms with Crippen molar-refractivity contribution in [3.8, 4) is 5.75 Å². The number of rotatable bonds is 3. The summed E-state index contributed by atoms with van der Waals surface area (Å²) < 4.78 is 18.6. The summed E-state index contributed by atoms with van der Waals surface area (Å²) >= 11 is 0. The van der Waals surface area contributed by atoms with Crippen molar-refractivity contribution in [3.63, 3.8) is 0 Å². The van der Waals surface area contributed by atoms with E-state index in [1.54, 1.807) is 6.07 Å². The first-order valence-electron chi connectivity index (χ1n) is 6.37. The van der Waals surface area contributed by atoms with Gasteiger partial charge in [-0.15, -0.1) is 0 Å². The van der Waals surface area contributed by atoms with E-state index in [0.717, 1.165) is 12.0 Å². The molecule has 0 aliphatic heterocycles. The maximum Gasteiger partial charge on any atom is 0.165 e. The molecule has 2 aromatic rings. The van der Waals surface area contributed by atoms with Crippen molar-refractivity contribution in [2.45, 2.75) is 18.4 Å². The van der Waals surface area contributed by atoms with Crippen LogP contribution in [0.2, 0.25) is 0 Å². The van der Waals surface area contributed by atoms with Crippen LogP contribution in [0.1, 0.15) is 28.7 Å². The molecule has 0 aromatic heterocycles. The molecule has 0 heterocycles. The highest BCUT2D eigenvalue weighted by atomic mass is 19.1. The van der Waals surface area contributed by atoms with Crippen molar-refractivity contribution in [1.29, 1.82) is 0 Å². The van der Waals surface area contributed by atoms with E-state index in [0.29, 0.717) is 0 Å². The van der Waals surface area contributed by atoms with Gasteiger partial charge in [-0.1, -0.05) is 30.3 Å². The monoisotopic (exact) mass is 257 g/mol. The Bertz CT molecular complexity index is 611. The number of methoxy groups -OCH3 is 1. The third-order valence-corrected chi connectivity index (χ3v) is 3.89. The first-order valence-corrected chi connectivity index (χ1v) is 6.37. The smallest absolute Gasteiger partial charge is 0.165 e. The zero-order valence-corrected chi connectivity index (χ0v) is 10.8. The van der Waals surface area contributed by atoms with Crippen LogP contribution in [0, 0.1) is 5.82 Å². The Morgan fingerprint density at radius 2 is 2.05 bits per heavy atom. The van der Waals surface area contributed by atoms with Gasteiger partial charge in [-0.05, 0) is 35.2 Å². The molecule has 2 N–H and O–H groups in total. The molecule has 0 amide bonds. The number of nitrogens with two attached hydrogens (primary N) is 1. The van der Waals surface area contributed by atoms with E-state index in [1.807, 2.05) is 18.2 Å². The Morgan fingerprint density at radius 3 is 2.74 bits per heavy atom. The van der Waals surface area contributed by atoms with Crippen molar-refractivity contribution in [1.82, 2.24) is 0 Å². The highest BCUT2D eigenvalue weighted by Crippen LogP contribution is 2.42. The number of hydrogen-bond donors (Lipinski definition) is 1. The van der Waals surface area contributed by atoms with Crippen molar-refractivity contribution in [2.75, 3.05) is 7.11 Å². The Kier molecular flexibility index (Phi) is 2.99. The molecule has 19 heavy (non-hydrogen) atoms. The summed E-state index contributed by atoms with van der Waals surface area (Å²) in [6, 6.07) is 13.1. The topological polar surface area (TPSA) is 35.2 Å². The largest absolute Gasteiger partial charge is 0.494 e. The molecule has 98 valence electrons. The van der Waals surface area contributed by atoms with Gasteiger partial charge in [0.2, 0.25) is 0 Å². The predicted octanol–water partition coefficient (Wildman–Crippen LogP) is 3.17. The van der Waals surface area contributed by atoms with E-state index >= 15 is 0 Å². The van der Waals surface area contributed by atoms with Crippen LogP contribution >= 0.6 is 0 Å². The van der Waals surface area contributed by atoms with Gasteiger partial charge >= 0.3 is 0 Å². The first-order chi connectivity index (χ1) is 9.20. The molecule has 0 spiro atoms. The number of halogens is 1. The van der Waals surface area contributed by atoms with Crippen LogP contribution in [0.3, 0.4) is 0 Å². The van der Waals surface area contributed by atoms with Crippen LogP contribution < -0.4 is 10.5 Å². The zero-order chi connectivity index (χ0) is 13.4. The highest BCUT2D eigenvalue weighted by Gasteiger charge is 2.31.